The zero-order valence-corrected chi connectivity index (χ0v) is 11.1. The molecule has 3 rings (SSSR count). The lowest BCUT2D eigenvalue weighted by Crippen LogP contribution is -2.30. The highest BCUT2D eigenvalue weighted by atomic mass is 15.3. The molecule has 2 aromatic rings. The summed E-state index contributed by atoms with van der Waals surface area (Å²) in [6.45, 7) is 4.39. The van der Waals surface area contributed by atoms with Gasteiger partial charge in [0.25, 0.3) is 0 Å². The molecule has 0 bridgehead atoms. The van der Waals surface area contributed by atoms with Gasteiger partial charge in [-0.3, -0.25) is 0 Å². The number of aromatic nitrogens is 3. The summed E-state index contributed by atoms with van der Waals surface area (Å²) >= 11 is 0. The summed E-state index contributed by atoms with van der Waals surface area (Å²) in [6.07, 6.45) is 7.18. The number of nitrogens with zero attached hydrogens (tertiary/aromatic N) is 3. The number of nitrogens with one attached hydrogen (secondary N) is 1. The predicted octanol–water partition coefficient (Wildman–Crippen LogP) is 3.03. The maximum atomic E-state index is 4.54. The van der Waals surface area contributed by atoms with Crippen LogP contribution in [0.2, 0.25) is 0 Å². The van der Waals surface area contributed by atoms with Gasteiger partial charge in [0.2, 0.25) is 5.95 Å². The molecule has 2 unspecified atom stereocenters. The Balaban J connectivity index is 1.81. The van der Waals surface area contributed by atoms with Gasteiger partial charge in [0, 0.05) is 12.2 Å². The lowest BCUT2D eigenvalue weighted by Gasteiger charge is -2.28. The Morgan fingerprint density at radius 3 is 3.00 bits per heavy atom. The minimum atomic E-state index is 0.525. The summed E-state index contributed by atoms with van der Waals surface area (Å²) < 4.78 is 1.84. The van der Waals surface area contributed by atoms with Crippen molar-refractivity contribution < 1.29 is 0 Å². The Bertz CT molecular complexity index is 546. The normalized spacial score (nSPS) is 24.3. The van der Waals surface area contributed by atoms with E-state index >= 15 is 0 Å². The molecule has 4 heteroatoms. The molecule has 0 saturated heterocycles. The van der Waals surface area contributed by atoms with Crippen molar-refractivity contribution >= 4 is 11.6 Å². The quantitative estimate of drug-likeness (QED) is 0.883. The van der Waals surface area contributed by atoms with Crippen molar-refractivity contribution in [1.29, 1.82) is 0 Å². The van der Waals surface area contributed by atoms with E-state index in [4.69, 9.17) is 0 Å². The van der Waals surface area contributed by atoms with Crippen molar-refractivity contribution in [2.45, 2.75) is 45.6 Å². The van der Waals surface area contributed by atoms with Crippen LogP contribution < -0.4 is 5.32 Å². The number of pyridine rings is 1. The molecule has 0 aromatic carbocycles. The molecular formula is C14H20N4. The van der Waals surface area contributed by atoms with Crippen LogP contribution >= 0.6 is 0 Å². The molecule has 1 aliphatic carbocycles. The monoisotopic (exact) mass is 244 g/mol. The van der Waals surface area contributed by atoms with Gasteiger partial charge in [-0.1, -0.05) is 19.8 Å². The third kappa shape index (κ3) is 2.19. The van der Waals surface area contributed by atoms with E-state index in [1.165, 1.54) is 31.2 Å². The van der Waals surface area contributed by atoms with Gasteiger partial charge in [-0.25, -0.2) is 4.52 Å². The van der Waals surface area contributed by atoms with E-state index in [1.807, 2.05) is 10.7 Å². The third-order valence-corrected chi connectivity index (χ3v) is 3.92. The molecule has 0 amide bonds. The summed E-state index contributed by atoms with van der Waals surface area (Å²) in [4.78, 5) is 4.54. The van der Waals surface area contributed by atoms with Crippen molar-refractivity contribution in [2.24, 2.45) is 5.92 Å². The first-order valence-corrected chi connectivity index (χ1v) is 6.82. The molecule has 18 heavy (non-hydrogen) atoms. The van der Waals surface area contributed by atoms with Gasteiger partial charge in [-0.2, -0.15) is 4.98 Å². The first kappa shape index (κ1) is 11.5. The molecule has 0 spiro atoms. The van der Waals surface area contributed by atoms with Gasteiger partial charge in [0.05, 0.1) is 0 Å². The van der Waals surface area contributed by atoms with Crippen LogP contribution in [0.15, 0.2) is 18.3 Å². The topological polar surface area (TPSA) is 42.2 Å². The van der Waals surface area contributed by atoms with E-state index in [1.54, 1.807) is 0 Å². The molecule has 2 heterocycles. The summed E-state index contributed by atoms with van der Waals surface area (Å²) in [5.74, 6) is 1.48. The molecule has 2 atom stereocenters. The maximum Gasteiger partial charge on any atom is 0.243 e. The van der Waals surface area contributed by atoms with Crippen LogP contribution in [0, 0.1) is 12.8 Å². The number of fused-ring (bicyclic) bond motifs is 1. The van der Waals surface area contributed by atoms with E-state index < -0.39 is 0 Å². The smallest absolute Gasteiger partial charge is 0.243 e. The van der Waals surface area contributed by atoms with E-state index in [-0.39, 0.29) is 0 Å². The molecule has 0 aliphatic heterocycles. The van der Waals surface area contributed by atoms with Crippen LogP contribution in [-0.2, 0) is 0 Å². The Morgan fingerprint density at radius 2 is 2.17 bits per heavy atom. The van der Waals surface area contributed by atoms with Gasteiger partial charge < -0.3 is 5.32 Å². The average molecular weight is 244 g/mol. The Kier molecular flexibility index (Phi) is 2.94. The molecule has 0 radical (unpaired) electrons. The van der Waals surface area contributed by atoms with E-state index in [0.29, 0.717) is 12.0 Å². The van der Waals surface area contributed by atoms with Gasteiger partial charge in [-0.05, 0) is 43.4 Å². The fraction of sp³-hybridized carbons (Fsp3) is 0.571. The van der Waals surface area contributed by atoms with E-state index in [9.17, 15) is 0 Å². The summed E-state index contributed by atoms with van der Waals surface area (Å²) in [7, 11) is 0. The molecule has 2 aromatic heterocycles. The van der Waals surface area contributed by atoms with Crippen LogP contribution in [0.25, 0.3) is 5.65 Å². The van der Waals surface area contributed by atoms with Crippen molar-refractivity contribution in [1.82, 2.24) is 14.6 Å². The molecule has 96 valence electrons. The van der Waals surface area contributed by atoms with Crippen molar-refractivity contribution in [2.75, 3.05) is 5.32 Å². The fourth-order valence-corrected chi connectivity index (χ4v) is 2.74. The number of hydrogen-bond donors (Lipinski definition) is 1. The minimum Gasteiger partial charge on any atom is -0.350 e. The molecule has 1 saturated carbocycles. The molecule has 4 nitrogen and oxygen atoms in total. The summed E-state index contributed by atoms with van der Waals surface area (Å²) in [5, 5.41) is 7.97. The van der Waals surface area contributed by atoms with Gasteiger partial charge >= 0.3 is 0 Å². The lowest BCUT2D eigenvalue weighted by molar-refractivity contribution is 0.348. The number of anilines is 1. The van der Waals surface area contributed by atoms with Crippen LogP contribution in [-0.4, -0.2) is 20.6 Å². The summed E-state index contributed by atoms with van der Waals surface area (Å²) in [6, 6.07) is 4.63. The number of aryl methyl sites for hydroxylation is 1. The molecule has 1 N–H and O–H groups in total. The largest absolute Gasteiger partial charge is 0.350 e. The van der Waals surface area contributed by atoms with Crippen molar-refractivity contribution in [3.8, 4) is 0 Å². The Hall–Kier alpha value is -1.58. The number of hydrogen-bond acceptors (Lipinski definition) is 3. The third-order valence-electron chi connectivity index (χ3n) is 3.92. The molecule has 1 fully saturated rings. The second-order valence-corrected chi connectivity index (χ2v) is 5.45. The fourth-order valence-electron chi connectivity index (χ4n) is 2.74. The van der Waals surface area contributed by atoms with E-state index in [0.717, 1.165) is 11.6 Å². The van der Waals surface area contributed by atoms with Gasteiger partial charge in [-0.15, -0.1) is 5.10 Å². The van der Waals surface area contributed by atoms with Crippen molar-refractivity contribution in [3.63, 3.8) is 0 Å². The standard InChI is InChI=1S/C14H20N4/c1-10-7-8-18-13(9-10)16-14(17-18)15-12-6-4-3-5-11(12)2/h7-9,11-12H,3-6H2,1-2H3,(H,15,17). The Morgan fingerprint density at radius 1 is 1.33 bits per heavy atom. The van der Waals surface area contributed by atoms with E-state index in [2.05, 4.69) is 41.4 Å². The lowest BCUT2D eigenvalue weighted by atomic mass is 9.86. The highest BCUT2D eigenvalue weighted by Crippen LogP contribution is 2.26. The zero-order chi connectivity index (χ0) is 12.5. The minimum absolute atomic E-state index is 0.525. The maximum absolute atomic E-state index is 4.54. The van der Waals surface area contributed by atoms with Crippen molar-refractivity contribution in [3.05, 3.63) is 23.9 Å². The molecular weight excluding hydrogens is 224 g/mol. The SMILES string of the molecule is Cc1ccn2nc(NC3CCCCC3C)nc2c1. The van der Waals surface area contributed by atoms with Gasteiger partial charge in [0.15, 0.2) is 5.65 Å². The first-order chi connectivity index (χ1) is 8.72. The van der Waals surface area contributed by atoms with Crippen LogP contribution in [0.5, 0.6) is 0 Å². The highest BCUT2D eigenvalue weighted by Gasteiger charge is 2.22. The predicted molar refractivity (Wildman–Crippen MR) is 72.8 cm³/mol. The van der Waals surface area contributed by atoms with Crippen LogP contribution in [0.1, 0.15) is 38.2 Å². The second-order valence-electron chi connectivity index (χ2n) is 5.45. The zero-order valence-electron chi connectivity index (χ0n) is 11.1. The van der Waals surface area contributed by atoms with Gasteiger partial charge in [0.1, 0.15) is 0 Å². The summed E-state index contributed by atoms with van der Waals surface area (Å²) in [5.41, 5.74) is 2.13. The van der Waals surface area contributed by atoms with Crippen LogP contribution in [0.3, 0.4) is 0 Å². The Labute approximate surface area is 107 Å². The number of rotatable bonds is 2. The molecule has 1 aliphatic rings. The highest BCUT2D eigenvalue weighted by molar-refractivity contribution is 5.45. The average Bonchev–Trinajstić information content (AvgIpc) is 2.73. The second kappa shape index (κ2) is 4.59. The first-order valence-electron chi connectivity index (χ1n) is 6.82. The van der Waals surface area contributed by atoms with Crippen LogP contribution in [0.4, 0.5) is 5.95 Å².